The SMILES string of the molecule is Cc1nccc(C(=O)CC2OCCc3ccccc32)n1. The molecule has 4 heteroatoms. The standard InChI is InChI=1S/C16H16N2O2/c1-11-17-8-6-14(18-11)15(19)10-16-13-5-3-2-4-12(13)7-9-20-16/h2-6,8,16H,7,9-10H2,1H3. The highest BCUT2D eigenvalue weighted by molar-refractivity contribution is 5.94. The Morgan fingerprint density at radius 1 is 1.35 bits per heavy atom. The Labute approximate surface area is 117 Å². The molecule has 2 aromatic rings. The molecule has 0 saturated carbocycles. The summed E-state index contributed by atoms with van der Waals surface area (Å²) in [6.45, 7) is 2.45. The maximum absolute atomic E-state index is 12.3. The molecule has 1 aliphatic heterocycles. The van der Waals surface area contributed by atoms with E-state index in [0.717, 1.165) is 12.0 Å². The molecule has 0 saturated heterocycles. The van der Waals surface area contributed by atoms with Crippen molar-refractivity contribution >= 4 is 5.78 Å². The number of benzene rings is 1. The van der Waals surface area contributed by atoms with Crippen LogP contribution < -0.4 is 0 Å². The highest BCUT2D eigenvalue weighted by Crippen LogP contribution is 2.30. The van der Waals surface area contributed by atoms with E-state index in [2.05, 4.69) is 16.0 Å². The van der Waals surface area contributed by atoms with Gasteiger partial charge in [-0.1, -0.05) is 24.3 Å². The number of nitrogens with zero attached hydrogens (tertiary/aromatic N) is 2. The fourth-order valence-electron chi connectivity index (χ4n) is 2.53. The van der Waals surface area contributed by atoms with Gasteiger partial charge in [-0.05, 0) is 30.5 Å². The van der Waals surface area contributed by atoms with Crippen molar-refractivity contribution in [2.45, 2.75) is 25.9 Å². The van der Waals surface area contributed by atoms with E-state index < -0.39 is 0 Å². The second-order valence-corrected chi connectivity index (χ2v) is 4.92. The molecule has 1 aromatic heterocycles. The molecule has 0 amide bonds. The predicted molar refractivity (Wildman–Crippen MR) is 74.6 cm³/mol. The number of rotatable bonds is 3. The van der Waals surface area contributed by atoms with Gasteiger partial charge in [0.25, 0.3) is 0 Å². The molecule has 2 heterocycles. The minimum absolute atomic E-state index is 0.00259. The minimum atomic E-state index is -0.164. The first-order valence-electron chi connectivity index (χ1n) is 6.76. The Bertz CT molecular complexity index is 640. The molecule has 1 atom stereocenters. The molecule has 1 aromatic carbocycles. The van der Waals surface area contributed by atoms with Crippen LogP contribution in [0.1, 0.15) is 40.0 Å². The number of carbonyl (C=O) groups excluding carboxylic acids is 1. The molecule has 102 valence electrons. The smallest absolute Gasteiger partial charge is 0.184 e. The number of fused-ring (bicyclic) bond motifs is 1. The lowest BCUT2D eigenvalue weighted by Crippen LogP contribution is -2.19. The summed E-state index contributed by atoms with van der Waals surface area (Å²) in [5.74, 6) is 0.609. The van der Waals surface area contributed by atoms with E-state index in [4.69, 9.17) is 4.74 Å². The van der Waals surface area contributed by atoms with Crippen molar-refractivity contribution in [3.05, 3.63) is 59.2 Å². The van der Waals surface area contributed by atoms with E-state index in [1.165, 1.54) is 5.56 Å². The topological polar surface area (TPSA) is 52.1 Å². The van der Waals surface area contributed by atoms with Crippen LogP contribution in [0.3, 0.4) is 0 Å². The molecule has 0 fully saturated rings. The number of aromatic nitrogens is 2. The first-order chi connectivity index (χ1) is 9.74. The quantitative estimate of drug-likeness (QED) is 0.803. The molecule has 0 radical (unpaired) electrons. The molecule has 3 rings (SSSR count). The number of ketones is 1. The maximum atomic E-state index is 12.3. The summed E-state index contributed by atoms with van der Waals surface area (Å²) in [6.07, 6.45) is 2.69. The Morgan fingerprint density at radius 2 is 2.20 bits per heavy atom. The second kappa shape index (κ2) is 5.51. The van der Waals surface area contributed by atoms with Crippen molar-refractivity contribution in [1.82, 2.24) is 9.97 Å². The molecule has 1 aliphatic rings. The Kier molecular flexibility index (Phi) is 3.56. The van der Waals surface area contributed by atoms with Gasteiger partial charge in [-0.15, -0.1) is 0 Å². The number of Topliss-reactive ketones (excluding diaryl/α,β-unsaturated/α-hetero) is 1. The van der Waals surface area contributed by atoms with Gasteiger partial charge in [0.1, 0.15) is 11.5 Å². The Morgan fingerprint density at radius 3 is 3.05 bits per heavy atom. The van der Waals surface area contributed by atoms with Gasteiger partial charge in [-0.2, -0.15) is 0 Å². The van der Waals surface area contributed by atoms with Gasteiger partial charge in [0.05, 0.1) is 12.7 Å². The van der Waals surface area contributed by atoms with Gasteiger partial charge < -0.3 is 4.74 Å². The highest BCUT2D eigenvalue weighted by Gasteiger charge is 2.24. The third-order valence-corrected chi connectivity index (χ3v) is 3.52. The minimum Gasteiger partial charge on any atom is -0.373 e. The van der Waals surface area contributed by atoms with Crippen LogP contribution in [0.25, 0.3) is 0 Å². The number of carbonyl (C=O) groups is 1. The Balaban J connectivity index is 1.81. The monoisotopic (exact) mass is 268 g/mol. The number of ether oxygens (including phenoxy) is 1. The summed E-state index contributed by atoms with van der Waals surface area (Å²) in [4.78, 5) is 20.5. The zero-order valence-electron chi connectivity index (χ0n) is 11.4. The van der Waals surface area contributed by atoms with Crippen LogP contribution in [-0.4, -0.2) is 22.4 Å². The van der Waals surface area contributed by atoms with Gasteiger partial charge >= 0.3 is 0 Å². The molecule has 0 spiro atoms. The van der Waals surface area contributed by atoms with Crippen molar-refractivity contribution in [3.8, 4) is 0 Å². The lowest BCUT2D eigenvalue weighted by atomic mass is 9.94. The molecule has 1 unspecified atom stereocenters. The summed E-state index contributed by atoms with van der Waals surface area (Å²) < 4.78 is 5.76. The zero-order chi connectivity index (χ0) is 13.9. The Hall–Kier alpha value is -2.07. The molecule has 20 heavy (non-hydrogen) atoms. The van der Waals surface area contributed by atoms with Gasteiger partial charge in [0.2, 0.25) is 0 Å². The molecular weight excluding hydrogens is 252 g/mol. The van der Waals surface area contributed by atoms with E-state index >= 15 is 0 Å². The summed E-state index contributed by atoms with van der Waals surface area (Å²) in [5, 5.41) is 0. The van der Waals surface area contributed by atoms with Crippen molar-refractivity contribution in [1.29, 1.82) is 0 Å². The van der Waals surface area contributed by atoms with Crippen molar-refractivity contribution in [2.24, 2.45) is 0 Å². The largest absolute Gasteiger partial charge is 0.373 e. The van der Waals surface area contributed by atoms with E-state index in [1.54, 1.807) is 19.2 Å². The van der Waals surface area contributed by atoms with Gasteiger partial charge in [0, 0.05) is 12.6 Å². The van der Waals surface area contributed by atoms with Gasteiger partial charge in [0.15, 0.2) is 5.78 Å². The van der Waals surface area contributed by atoms with Crippen LogP contribution in [0.15, 0.2) is 36.5 Å². The summed E-state index contributed by atoms with van der Waals surface area (Å²) in [7, 11) is 0. The van der Waals surface area contributed by atoms with Crippen LogP contribution in [0.4, 0.5) is 0 Å². The first-order valence-corrected chi connectivity index (χ1v) is 6.76. The van der Waals surface area contributed by atoms with Crippen LogP contribution in [0.2, 0.25) is 0 Å². The fraction of sp³-hybridized carbons (Fsp3) is 0.312. The molecule has 0 aliphatic carbocycles. The van der Waals surface area contributed by atoms with Crippen molar-refractivity contribution in [3.63, 3.8) is 0 Å². The lowest BCUT2D eigenvalue weighted by molar-refractivity contribution is 0.0350. The molecule has 4 nitrogen and oxygen atoms in total. The highest BCUT2D eigenvalue weighted by atomic mass is 16.5. The third kappa shape index (κ3) is 2.60. The average molecular weight is 268 g/mol. The summed E-state index contributed by atoms with van der Waals surface area (Å²) in [6, 6.07) is 9.81. The average Bonchev–Trinajstić information content (AvgIpc) is 2.47. The van der Waals surface area contributed by atoms with Gasteiger partial charge in [-0.25, -0.2) is 9.97 Å². The lowest BCUT2D eigenvalue weighted by Gasteiger charge is -2.25. The van der Waals surface area contributed by atoms with Crippen LogP contribution in [-0.2, 0) is 11.2 Å². The van der Waals surface area contributed by atoms with Crippen LogP contribution in [0, 0.1) is 6.92 Å². The van der Waals surface area contributed by atoms with Crippen molar-refractivity contribution in [2.75, 3.05) is 6.61 Å². The van der Waals surface area contributed by atoms with Crippen LogP contribution in [0.5, 0.6) is 0 Å². The number of hydrogen-bond donors (Lipinski definition) is 0. The van der Waals surface area contributed by atoms with E-state index in [9.17, 15) is 4.79 Å². The molecule has 0 bridgehead atoms. The predicted octanol–water partition coefficient (Wildman–Crippen LogP) is 2.67. The summed E-state index contributed by atoms with van der Waals surface area (Å²) >= 11 is 0. The summed E-state index contributed by atoms with van der Waals surface area (Å²) in [5.41, 5.74) is 2.86. The third-order valence-electron chi connectivity index (χ3n) is 3.52. The van der Waals surface area contributed by atoms with Gasteiger partial charge in [-0.3, -0.25) is 4.79 Å². The normalized spacial score (nSPS) is 17.6. The van der Waals surface area contributed by atoms with E-state index in [-0.39, 0.29) is 11.9 Å². The zero-order valence-corrected chi connectivity index (χ0v) is 11.4. The molecule has 0 N–H and O–H groups in total. The van der Waals surface area contributed by atoms with Crippen LogP contribution >= 0.6 is 0 Å². The first kappa shape index (κ1) is 12.9. The molecular formula is C16H16N2O2. The maximum Gasteiger partial charge on any atom is 0.184 e. The number of hydrogen-bond acceptors (Lipinski definition) is 4. The van der Waals surface area contributed by atoms with E-state index in [0.29, 0.717) is 24.5 Å². The van der Waals surface area contributed by atoms with E-state index in [1.807, 2.05) is 18.2 Å². The fourth-order valence-corrected chi connectivity index (χ4v) is 2.53. The van der Waals surface area contributed by atoms with Crippen molar-refractivity contribution < 1.29 is 9.53 Å². The second-order valence-electron chi connectivity index (χ2n) is 4.92. The number of aryl methyl sites for hydroxylation is 1.